The van der Waals surface area contributed by atoms with Gasteiger partial charge >= 0.3 is 0 Å². The molecule has 0 bridgehead atoms. The molecule has 1 aromatic heterocycles. The van der Waals surface area contributed by atoms with Crippen LogP contribution in [-0.4, -0.2) is 53.0 Å². The highest BCUT2D eigenvalue weighted by atomic mass is 32.1. The number of piperidine rings is 1. The van der Waals surface area contributed by atoms with E-state index in [-0.39, 0.29) is 27.7 Å². The molecule has 1 aliphatic heterocycles. The Hall–Kier alpha value is -3.79. The second-order valence-corrected chi connectivity index (χ2v) is 9.37. The number of nitrogens with one attached hydrogen (secondary N) is 2. The van der Waals surface area contributed by atoms with Crippen LogP contribution in [-0.2, 0) is 11.3 Å². The quantitative estimate of drug-likeness (QED) is 0.522. The molecule has 0 unspecified atom stereocenters. The number of methoxy groups -OCH3 is 1. The Balaban J connectivity index is 1.32. The maximum Gasteiger partial charge on any atom is 0.286 e. The smallest absolute Gasteiger partial charge is 0.286 e. The average Bonchev–Trinajstić information content (AvgIpc) is 3.39. The summed E-state index contributed by atoms with van der Waals surface area (Å²) in [5.41, 5.74) is 2.69. The zero-order valence-corrected chi connectivity index (χ0v) is 20.4. The van der Waals surface area contributed by atoms with Crippen molar-refractivity contribution in [2.75, 3.05) is 25.5 Å². The second-order valence-electron chi connectivity index (χ2n) is 8.39. The van der Waals surface area contributed by atoms with Gasteiger partial charge in [-0.05, 0) is 49.6 Å². The number of benzene rings is 2. The number of likely N-dealkylation sites (tertiary alicyclic amines) is 1. The molecule has 10 heteroatoms. The molecule has 35 heavy (non-hydrogen) atoms. The van der Waals surface area contributed by atoms with Gasteiger partial charge in [0.05, 0.1) is 13.0 Å². The summed E-state index contributed by atoms with van der Waals surface area (Å²) in [6, 6.07) is 14.9. The van der Waals surface area contributed by atoms with Crippen molar-refractivity contribution in [3.8, 4) is 5.75 Å². The van der Waals surface area contributed by atoms with Crippen LogP contribution in [0.3, 0.4) is 0 Å². The van der Waals surface area contributed by atoms with Gasteiger partial charge in [-0.15, -0.1) is 10.2 Å². The zero-order chi connectivity index (χ0) is 24.8. The molecule has 1 atom stereocenters. The normalized spacial score (nSPS) is 15.4. The van der Waals surface area contributed by atoms with E-state index in [0.717, 1.165) is 28.2 Å². The number of aryl methyl sites for hydroxylation is 1. The Kier molecular flexibility index (Phi) is 7.71. The van der Waals surface area contributed by atoms with E-state index >= 15 is 0 Å². The fourth-order valence-electron chi connectivity index (χ4n) is 3.81. The lowest BCUT2D eigenvalue weighted by Gasteiger charge is -2.31. The van der Waals surface area contributed by atoms with E-state index < -0.39 is 5.91 Å². The van der Waals surface area contributed by atoms with Gasteiger partial charge in [-0.2, -0.15) is 0 Å². The van der Waals surface area contributed by atoms with Crippen LogP contribution in [0.4, 0.5) is 5.69 Å². The third kappa shape index (κ3) is 6.21. The van der Waals surface area contributed by atoms with E-state index in [2.05, 4.69) is 20.8 Å². The second kappa shape index (κ2) is 11.1. The number of nitrogens with zero attached hydrogens (tertiary/aromatic N) is 3. The van der Waals surface area contributed by atoms with Crippen LogP contribution in [0.25, 0.3) is 0 Å². The number of aromatic nitrogens is 2. The van der Waals surface area contributed by atoms with Gasteiger partial charge in [0.1, 0.15) is 5.75 Å². The standard InChI is InChI=1S/C25H27N5O4S/c1-16-5-9-19(10-6-16)27-22(32)23-28-29-24(35-23)25(33)30-13-3-4-18(15-30)21(31)26-14-17-7-11-20(34-2)12-8-17/h5-12,18H,3-4,13-15H2,1-2H3,(H,26,31)(H,27,32)/t18-/m1/s1. The lowest BCUT2D eigenvalue weighted by atomic mass is 9.97. The van der Waals surface area contributed by atoms with Crippen LogP contribution in [0.5, 0.6) is 5.75 Å². The minimum atomic E-state index is -0.417. The lowest BCUT2D eigenvalue weighted by molar-refractivity contribution is -0.126. The van der Waals surface area contributed by atoms with Crippen molar-refractivity contribution in [1.29, 1.82) is 0 Å². The summed E-state index contributed by atoms with van der Waals surface area (Å²) in [5.74, 6) is -0.365. The highest BCUT2D eigenvalue weighted by Gasteiger charge is 2.30. The van der Waals surface area contributed by atoms with Crippen molar-refractivity contribution in [2.24, 2.45) is 5.92 Å². The SMILES string of the molecule is COc1ccc(CNC(=O)[C@@H]2CCCN(C(=O)c3nnc(C(=O)Nc4ccc(C)cc4)s3)C2)cc1. The van der Waals surface area contributed by atoms with Crippen molar-refractivity contribution in [3.63, 3.8) is 0 Å². The minimum absolute atomic E-state index is 0.0891. The van der Waals surface area contributed by atoms with Gasteiger partial charge in [-0.1, -0.05) is 41.2 Å². The highest BCUT2D eigenvalue weighted by Crippen LogP contribution is 2.21. The van der Waals surface area contributed by atoms with Gasteiger partial charge < -0.3 is 20.3 Å². The van der Waals surface area contributed by atoms with Crippen molar-refractivity contribution >= 4 is 34.7 Å². The van der Waals surface area contributed by atoms with Gasteiger partial charge in [0.25, 0.3) is 11.8 Å². The third-order valence-electron chi connectivity index (χ3n) is 5.82. The summed E-state index contributed by atoms with van der Waals surface area (Å²) in [6.07, 6.45) is 1.42. The fraction of sp³-hybridized carbons (Fsp3) is 0.320. The lowest BCUT2D eigenvalue weighted by Crippen LogP contribution is -2.45. The monoisotopic (exact) mass is 493 g/mol. The van der Waals surface area contributed by atoms with Crippen LogP contribution in [0.2, 0.25) is 0 Å². The predicted molar refractivity (Wildman–Crippen MR) is 133 cm³/mol. The van der Waals surface area contributed by atoms with E-state index in [1.54, 1.807) is 24.1 Å². The Bertz CT molecular complexity index is 1190. The number of hydrogen-bond acceptors (Lipinski definition) is 7. The molecule has 1 fully saturated rings. The molecule has 0 saturated carbocycles. The third-order valence-corrected chi connectivity index (χ3v) is 6.73. The minimum Gasteiger partial charge on any atom is -0.497 e. The Morgan fingerprint density at radius 2 is 1.77 bits per heavy atom. The number of anilines is 1. The Morgan fingerprint density at radius 3 is 2.49 bits per heavy atom. The maximum atomic E-state index is 13.0. The number of hydrogen-bond donors (Lipinski definition) is 2. The van der Waals surface area contributed by atoms with Crippen LogP contribution in [0.1, 0.15) is 43.6 Å². The molecule has 2 N–H and O–H groups in total. The summed E-state index contributed by atoms with van der Waals surface area (Å²) in [6.45, 7) is 3.20. The number of carbonyl (C=O) groups excluding carboxylic acids is 3. The summed E-state index contributed by atoms with van der Waals surface area (Å²) in [7, 11) is 1.61. The number of ether oxygens (including phenoxy) is 1. The fourth-order valence-corrected chi connectivity index (χ4v) is 4.52. The first-order valence-electron chi connectivity index (χ1n) is 11.3. The Labute approximate surface area is 207 Å². The van der Waals surface area contributed by atoms with Crippen LogP contribution in [0.15, 0.2) is 48.5 Å². The van der Waals surface area contributed by atoms with Crippen molar-refractivity contribution in [2.45, 2.75) is 26.3 Å². The molecular formula is C25H27N5O4S. The molecule has 4 rings (SSSR count). The van der Waals surface area contributed by atoms with Gasteiger partial charge in [-0.25, -0.2) is 0 Å². The van der Waals surface area contributed by atoms with Crippen LogP contribution in [0, 0.1) is 12.8 Å². The van der Waals surface area contributed by atoms with Gasteiger partial charge in [0, 0.05) is 25.3 Å². The predicted octanol–water partition coefficient (Wildman–Crippen LogP) is 3.28. The molecule has 3 aromatic rings. The molecule has 1 saturated heterocycles. The van der Waals surface area contributed by atoms with E-state index in [9.17, 15) is 14.4 Å². The van der Waals surface area contributed by atoms with Crippen molar-refractivity contribution in [3.05, 3.63) is 69.7 Å². The van der Waals surface area contributed by atoms with E-state index in [0.29, 0.717) is 38.2 Å². The molecule has 2 aromatic carbocycles. The molecular weight excluding hydrogens is 466 g/mol. The molecule has 9 nitrogen and oxygen atoms in total. The molecule has 3 amide bonds. The average molecular weight is 494 g/mol. The number of carbonyl (C=O) groups is 3. The number of amides is 3. The summed E-state index contributed by atoms with van der Waals surface area (Å²) in [4.78, 5) is 39.8. The largest absolute Gasteiger partial charge is 0.497 e. The van der Waals surface area contributed by atoms with Crippen molar-refractivity contribution in [1.82, 2.24) is 20.4 Å². The van der Waals surface area contributed by atoms with E-state index in [1.807, 2.05) is 43.3 Å². The number of rotatable bonds is 7. The first-order valence-corrected chi connectivity index (χ1v) is 12.2. The maximum absolute atomic E-state index is 13.0. The molecule has 2 heterocycles. The van der Waals surface area contributed by atoms with E-state index in [4.69, 9.17) is 4.74 Å². The van der Waals surface area contributed by atoms with Gasteiger partial charge in [0.15, 0.2) is 0 Å². The molecule has 0 spiro atoms. The summed E-state index contributed by atoms with van der Waals surface area (Å²) >= 11 is 0.949. The molecule has 0 aliphatic carbocycles. The van der Waals surface area contributed by atoms with E-state index in [1.165, 1.54) is 0 Å². The topological polar surface area (TPSA) is 114 Å². The first-order chi connectivity index (χ1) is 16.9. The molecule has 0 radical (unpaired) electrons. The Morgan fingerprint density at radius 1 is 1.06 bits per heavy atom. The summed E-state index contributed by atoms with van der Waals surface area (Å²) < 4.78 is 5.15. The van der Waals surface area contributed by atoms with Gasteiger partial charge in [-0.3, -0.25) is 14.4 Å². The van der Waals surface area contributed by atoms with Gasteiger partial charge in [0.2, 0.25) is 15.9 Å². The van der Waals surface area contributed by atoms with Crippen LogP contribution < -0.4 is 15.4 Å². The molecule has 1 aliphatic rings. The highest BCUT2D eigenvalue weighted by molar-refractivity contribution is 7.15. The summed E-state index contributed by atoms with van der Waals surface area (Å²) in [5, 5.41) is 13.8. The zero-order valence-electron chi connectivity index (χ0n) is 19.6. The van der Waals surface area contributed by atoms with Crippen molar-refractivity contribution < 1.29 is 19.1 Å². The van der Waals surface area contributed by atoms with Crippen LogP contribution >= 0.6 is 11.3 Å². The molecule has 182 valence electrons. The first kappa shape index (κ1) is 24.3.